The molecule has 0 atom stereocenters. The lowest BCUT2D eigenvalue weighted by molar-refractivity contribution is 0.263. The van der Waals surface area contributed by atoms with Gasteiger partial charge in [0.25, 0.3) is 0 Å². The molecular weight excluding hydrogens is 464 g/mol. The third kappa shape index (κ3) is 6.51. The van der Waals surface area contributed by atoms with E-state index in [1.807, 2.05) is 24.5 Å². The first-order chi connectivity index (χ1) is 18.5. The lowest BCUT2D eigenvalue weighted by Gasteiger charge is -2.23. The van der Waals surface area contributed by atoms with E-state index in [0.717, 1.165) is 56.5 Å². The minimum atomic E-state index is 0.807. The van der Waals surface area contributed by atoms with E-state index in [2.05, 4.69) is 95.4 Å². The lowest BCUT2D eigenvalue weighted by Crippen LogP contribution is -2.27. The topological polar surface area (TPSA) is 57.9 Å². The number of aromatic amines is 1. The Labute approximate surface area is 226 Å². The summed E-state index contributed by atoms with van der Waals surface area (Å²) in [6, 6.07) is 28.0. The van der Waals surface area contributed by atoms with Crippen LogP contribution in [0.25, 0.3) is 22.2 Å². The van der Waals surface area contributed by atoms with Crippen molar-refractivity contribution < 1.29 is 0 Å². The van der Waals surface area contributed by atoms with Crippen molar-refractivity contribution in [2.75, 3.05) is 18.8 Å². The monoisotopic (exact) mass is 502 g/mol. The fourth-order valence-corrected chi connectivity index (χ4v) is 5.48. The number of nitrogens with one attached hydrogen (secondary N) is 1. The summed E-state index contributed by atoms with van der Waals surface area (Å²) in [7, 11) is 0. The molecule has 0 fully saturated rings. The van der Waals surface area contributed by atoms with E-state index in [9.17, 15) is 0 Å². The van der Waals surface area contributed by atoms with Crippen LogP contribution in [0.4, 0.5) is 5.69 Å². The highest BCUT2D eigenvalue weighted by molar-refractivity contribution is 5.92. The Balaban J connectivity index is 1.37. The molecule has 0 bridgehead atoms. The van der Waals surface area contributed by atoms with E-state index >= 15 is 0 Å². The van der Waals surface area contributed by atoms with Crippen LogP contribution in [0.5, 0.6) is 0 Å². The molecule has 4 heteroatoms. The third-order valence-electron chi connectivity index (χ3n) is 7.28. The fraction of sp³-hybridized carbons (Fsp3) is 0.265. The smallest absolute Gasteiger partial charge is 0.0498 e. The van der Waals surface area contributed by atoms with Gasteiger partial charge in [0, 0.05) is 47.8 Å². The molecule has 0 spiro atoms. The average Bonchev–Trinajstić information content (AvgIpc) is 3.28. The number of unbranched alkanes of at least 4 members (excludes halogenated alkanes) is 1. The first-order valence-corrected chi connectivity index (χ1v) is 13.7. The molecule has 3 aromatic carbocycles. The fourth-order valence-electron chi connectivity index (χ4n) is 5.48. The minimum Gasteiger partial charge on any atom is -0.399 e. The molecule has 194 valence electrons. The summed E-state index contributed by atoms with van der Waals surface area (Å²) in [5, 5.41) is 1.23. The van der Waals surface area contributed by atoms with Crippen molar-refractivity contribution in [1.82, 2.24) is 14.9 Å². The van der Waals surface area contributed by atoms with E-state index in [0.29, 0.717) is 0 Å². The number of pyridine rings is 1. The summed E-state index contributed by atoms with van der Waals surface area (Å²) >= 11 is 0. The zero-order valence-electron chi connectivity index (χ0n) is 22.6. The Kier molecular flexibility index (Phi) is 8.20. The minimum absolute atomic E-state index is 0.807. The first-order valence-electron chi connectivity index (χ1n) is 13.7. The van der Waals surface area contributed by atoms with E-state index in [1.54, 1.807) is 0 Å². The number of fused-ring (bicyclic) bond motifs is 1. The van der Waals surface area contributed by atoms with Crippen LogP contribution >= 0.6 is 0 Å². The quantitative estimate of drug-likeness (QED) is 0.145. The molecule has 38 heavy (non-hydrogen) atoms. The number of nitrogen functional groups attached to an aromatic ring is 1. The van der Waals surface area contributed by atoms with Crippen molar-refractivity contribution in [3.63, 3.8) is 0 Å². The predicted molar refractivity (Wildman–Crippen MR) is 160 cm³/mol. The zero-order chi connectivity index (χ0) is 26.3. The molecule has 2 heterocycles. The van der Waals surface area contributed by atoms with Crippen molar-refractivity contribution in [3.05, 3.63) is 119 Å². The van der Waals surface area contributed by atoms with Crippen LogP contribution in [0.1, 0.15) is 40.7 Å². The van der Waals surface area contributed by atoms with Crippen LogP contribution < -0.4 is 5.73 Å². The summed E-state index contributed by atoms with van der Waals surface area (Å²) in [5.74, 6) is 0. The van der Waals surface area contributed by atoms with Gasteiger partial charge in [-0.2, -0.15) is 0 Å². The number of aromatic nitrogens is 2. The second kappa shape index (κ2) is 12.1. The number of anilines is 1. The normalized spacial score (nSPS) is 11.4. The molecular formula is C34H38N4. The molecule has 0 saturated carbocycles. The molecule has 2 aromatic heterocycles. The zero-order valence-corrected chi connectivity index (χ0v) is 22.6. The summed E-state index contributed by atoms with van der Waals surface area (Å²) in [5.41, 5.74) is 17.3. The van der Waals surface area contributed by atoms with E-state index < -0.39 is 0 Å². The van der Waals surface area contributed by atoms with Crippen molar-refractivity contribution in [2.45, 2.75) is 46.1 Å². The Morgan fingerprint density at radius 2 is 1.58 bits per heavy atom. The number of benzene rings is 3. The van der Waals surface area contributed by atoms with Gasteiger partial charge in [-0.1, -0.05) is 53.6 Å². The number of aryl methyl sites for hydroxylation is 3. The van der Waals surface area contributed by atoms with Crippen LogP contribution in [0, 0.1) is 13.8 Å². The number of hydrogen-bond acceptors (Lipinski definition) is 3. The molecule has 5 aromatic rings. The molecule has 3 N–H and O–H groups in total. The lowest BCUT2D eigenvalue weighted by atomic mass is 9.99. The van der Waals surface area contributed by atoms with Gasteiger partial charge in [-0.05, 0) is 105 Å². The van der Waals surface area contributed by atoms with Gasteiger partial charge in [-0.3, -0.25) is 9.88 Å². The molecule has 0 aliphatic rings. The molecule has 0 unspecified atom stereocenters. The molecule has 0 aliphatic heterocycles. The van der Waals surface area contributed by atoms with E-state index in [-0.39, 0.29) is 0 Å². The second-order valence-corrected chi connectivity index (χ2v) is 10.5. The summed E-state index contributed by atoms with van der Waals surface area (Å²) in [6.07, 6.45) is 8.18. The van der Waals surface area contributed by atoms with Crippen LogP contribution in [-0.2, 0) is 19.4 Å². The van der Waals surface area contributed by atoms with Crippen molar-refractivity contribution >= 4 is 16.6 Å². The maximum absolute atomic E-state index is 6.25. The van der Waals surface area contributed by atoms with Gasteiger partial charge in [-0.15, -0.1) is 0 Å². The summed E-state index contributed by atoms with van der Waals surface area (Å²) in [6.45, 7) is 7.35. The van der Waals surface area contributed by atoms with Gasteiger partial charge in [-0.25, -0.2) is 0 Å². The molecule has 5 rings (SSSR count). The van der Waals surface area contributed by atoms with Crippen molar-refractivity contribution in [3.8, 4) is 11.3 Å². The number of nitrogens with two attached hydrogens (primary N) is 1. The highest BCUT2D eigenvalue weighted by Crippen LogP contribution is 2.33. The van der Waals surface area contributed by atoms with Gasteiger partial charge in [0.05, 0.1) is 0 Å². The van der Waals surface area contributed by atoms with Gasteiger partial charge >= 0.3 is 0 Å². The Morgan fingerprint density at radius 3 is 2.34 bits per heavy atom. The van der Waals surface area contributed by atoms with Crippen LogP contribution in [0.15, 0.2) is 91.3 Å². The van der Waals surface area contributed by atoms with Gasteiger partial charge in [0.1, 0.15) is 0 Å². The number of rotatable bonds is 11. The molecule has 0 aliphatic carbocycles. The average molecular weight is 503 g/mol. The van der Waals surface area contributed by atoms with Crippen LogP contribution in [0.2, 0.25) is 0 Å². The number of nitrogens with zero attached hydrogens (tertiary/aromatic N) is 2. The van der Waals surface area contributed by atoms with Crippen LogP contribution in [0.3, 0.4) is 0 Å². The summed E-state index contributed by atoms with van der Waals surface area (Å²) in [4.78, 5) is 10.6. The highest BCUT2D eigenvalue weighted by atomic mass is 15.1. The van der Waals surface area contributed by atoms with Crippen molar-refractivity contribution in [1.29, 1.82) is 0 Å². The van der Waals surface area contributed by atoms with E-state index in [1.165, 1.54) is 44.5 Å². The van der Waals surface area contributed by atoms with Gasteiger partial charge in [0.2, 0.25) is 0 Å². The van der Waals surface area contributed by atoms with Gasteiger partial charge in [0.15, 0.2) is 0 Å². The predicted octanol–water partition coefficient (Wildman–Crippen LogP) is 7.50. The second-order valence-electron chi connectivity index (χ2n) is 10.5. The summed E-state index contributed by atoms with van der Waals surface area (Å²) < 4.78 is 0. The number of H-pyrrole nitrogens is 1. The maximum Gasteiger partial charge on any atom is 0.0498 e. The van der Waals surface area contributed by atoms with Crippen molar-refractivity contribution in [2.24, 2.45) is 0 Å². The Hall–Kier alpha value is -3.89. The number of hydrogen-bond donors (Lipinski definition) is 2. The van der Waals surface area contributed by atoms with Crippen LogP contribution in [-0.4, -0.2) is 28.0 Å². The highest BCUT2D eigenvalue weighted by Gasteiger charge is 2.16. The molecule has 4 nitrogen and oxygen atoms in total. The third-order valence-corrected chi connectivity index (χ3v) is 7.28. The standard InChI is InChI=1S/C34H38N4/c1-25-19-26(2)21-29(20-25)34-31(32-22-30(35)13-14-33(32)37-34)15-18-38(24-28-10-4-3-5-11-28)17-7-6-9-27-12-8-16-36-23-27/h3-5,8,10-14,16,19-23,37H,6-7,9,15,17-18,24,35H2,1-2H3. The van der Waals surface area contributed by atoms with E-state index in [4.69, 9.17) is 5.73 Å². The molecule has 0 radical (unpaired) electrons. The Bertz CT molecular complexity index is 1450. The Morgan fingerprint density at radius 1 is 0.789 bits per heavy atom. The first kappa shape index (κ1) is 25.7. The largest absolute Gasteiger partial charge is 0.399 e. The molecule has 0 amide bonds. The maximum atomic E-state index is 6.25. The molecule has 0 saturated heterocycles. The van der Waals surface area contributed by atoms with Gasteiger partial charge < -0.3 is 10.7 Å². The SMILES string of the molecule is Cc1cc(C)cc(-c2[nH]c3ccc(N)cc3c2CCN(CCCCc2cccnc2)Cc2ccccc2)c1.